The number of para-hydroxylation sites is 1. The Labute approximate surface area is 117 Å². The number of Topliss-reactive ketones (excluding diaryl/α,β-unsaturated/α-hetero) is 1. The summed E-state index contributed by atoms with van der Waals surface area (Å²) in [4.78, 5) is 12.4. The van der Waals surface area contributed by atoms with Gasteiger partial charge in [-0.25, -0.2) is 0 Å². The Morgan fingerprint density at radius 2 is 2.05 bits per heavy atom. The lowest BCUT2D eigenvalue weighted by molar-refractivity contribution is 0.0176. The van der Waals surface area contributed by atoms with Crippen LogP contribution >= 0.6 is 11.6 Å². The Kier molecular flexibility index (Phi) is 3.70. The number of hydrogen-bond donors (Lipinski definition) is 0. The maximum Gasteiger partial charge on any atom is 0.227 e. The van der Waals surface area contributed by atoms with Crippen molar-refractivity contribution in [3.63, 3.8) is 0 Å². The first kappa shape index (κ1) is 14.1. The summed E-state index contributed by atoms with van der Waals surface area (Å²) in [5.41, 5.74) is 0.241. The van der Waals surface area contributed by atoms with E-state index in [-0.39, 0.29) is 17.0 Å². The van der Waals surface area contributed by atoms with Gasteiger partial charge < -0.3 is 9.15 Å². The quantitative estimate of drug-likeness (QED) is 0.786. The third kappa shape index (κ3) is 2.67. The van der Waals surface area contributed by atoms with E-state index < -0.39 is 6.10 Å². The van der Waals surface area contributed by atoms with Crippen molar-refractivity contribution < 1.29 is 13.9 Å². The zero-order valence-corrected chi connectivity index (χ0v) is 12.2. The number of carbonyl (C=O) groups excluding carboxylic acids is 1. The third-order valence-electron chi connectivity index (χ3n) is 3.00. The van der Waals surface area contributed by atoms with Crippen molar-refractivity contribution in [2.75, 3.05) is 7.11 Å². The van der Waals surface area contributed by atoms with Crippen molar-refractivity contribution in [1.29, 1.82) is 0 Å². The second-order valence-electron chi connectivity index (χ2n) is 5.61. The zero-order chi connectivity index (χ0) is 14.2. The van der Waals surface area contributed by atoms with Gasteiger partial charge in [0, 0.05) is 12.5 Å². The number of halogens is 1. The fraction of sp³-hybridized carbons (Fsp3) is 0.400. The summed E-state index contributed by atoms with van der Waals surface area (Å²) in [5, 5.41) is 1.32. The average molecular weight is 281 g/mol. The van der Waals surface area contributed by atoms with Crippen LogP contribution in [0.1, 0.15) is 31.3 Å². The molecule has 0 bridgehead atoms. The molecule has 1 atom stereocenters. The fourth-order valence-corrected chi connectivity index (χ4v) is 2.35. The molecule has 4 heteroatoms. The van der Waals surface area contributed by atoms with Gasteiger partial charge in [-0.2, -0.15) is 0 Å². The van der Waals surface area contributed by atoms with Gasteiger partial charge in [-0.1, -0.05) is 44.5 Å². The highest BCUT2D eigenvalue weighted by atomic mass is 35.5. The van der Waals surface area contributed by atoms with Gasteiger partial charge in [0.05, 0.1) is 5.02 Å². The summed E-state index contributed by atoms with van der Waals surface area (Å²) in [5.74, 6) is 0.118. The number of rotatable bonds is 3. The van der Waals surface area contributed by atoms with Crippen molar-refractivity contribution in [2.45, 2.75) is 26.9 Å². The van der Waals surface area contributed by atoms with Gasteiger partial charge in [-0.05, 0) is 17.5 Å². The van der Waals surface area contributed by atoms with Gasteiger partial charge in [-0.3, -0.25) is 4.79 Å². The normalized spacial score (nSPS) is 13.7. The molecule has 0 fully saturated rings. The van der Waals surface area contributed by atoms with Crippen LogP contribution in [0, 0.1) is 5.41 Å². The molecule has 0 amide bonds. The fourth-order valence-electron chi connectivity index (χ4n) is 2.13. The molecule has 1 aromatic carbocycles. The van der Waals surface area contributed by atoms with Crippen LogP contribution < -0.4 is 0 Å². The van der Waals surface area contributed by atoms with Gasteiger partial charge >= 0.3 is 0 Å². The summed E-state index contributed by atoms with van der Waals surface area (Å²) in [7, 11) is 1.53. The predicted octanol–water partition coefficient (Wildman–Crippen LogP) is 4.33. The number of furan rings is 1. The molecule has 0 radical (unpaired) electrons. The summed E-state index contributed by atoms with van der Waals surface area (Å²) < 4.78 is 10.9. The first-order valence-corrected chi connectivity index (χ1v) is 6.47. The molecular weight excluding hydrogens is 264 g/mol. The summed E-state index contributed by atoms with van der Waals surface area (Å²) in [6, 6.07) is 7.13. The number of fused-ring (bicyclic) bond motifs is 1. The van der Waals surface area contributed by atoms with Crippen LogP contribution in [0.15, 0.2) is 28.7 Å². The molecule has 0 aliphatic heterocycles. The first-order chi connectivity index (χ1) is 8.84. The second kappa shape index (κ2) is 4.99. The van der Waals surface area contributed by atoms with Crippen LogP contribution in [0.4, 0.5) is 0 Å². The van der Waals surface area contributed by atoms with Crippen LogP contribution in [-0.2, 0) is 4.74 Å². The molecule has 102 valence electrons. The topological polar surface area (TPSA) is 39.4 Å². The summed E-state index contributed by atoms with van der Waals surface area (Å²) >= 11 is 6.04. The molecule has 0 saturated carbocycles. The van der Waals surface area contributed by atoms with Crippen LogP contribution in [0.3, 0.4) is 0 Å². The highest BCUT2D eigenvalue weighted by Gasteiger charge is 2.33. The maximum atomic E-state index is 12.4. The molecule has 1 unspecified atom stereocenters. The van der Waals surface area contributed by atoms with E-state index >= 15 is 0 Å². The molecule has 2 rings (SSSR count). The molecule has 3 nitrogen and oxygen atoms in total. The van der Waals surface area contributed by atoms with E-state index in [2.05, 4.69) is 0 Å². The van der Waals surface area contributed by atoms with E-state index in [1.165, 1.54) is 7.11 Å². The van der Waals surface area contributed by atoms with Crippen LogP contribution in [0.2, 0.25) is 5.02 Å². The first-order valence-electron chi connectivity index (χ1n) is 6.09. The number of ketones is 1. The average Bonchev–Trinajstić information content (AvgIpc) is 2.73. The Bertz CT molecular complexity index is 607. The standard InChI is InChI=1S/C15H17ClO3/c1-15(2,3)14(18-4)12(17)11-8-9-6-5-7-10(16)13(9)19-11/h5-8,14H,1-4H3. The van der Waals surface area contributed by atoms with Crippen molar-refractivity contribution in [1.82, 2.24) is 0 Å². The molecule has 19 heavy (non-hydrogen) atoms. The third-order valence-corrected chi connectivity index (χ3v) is 3.30. The lowest BCUT2D eigenvalue weighted by atomic mass is 9.86. The SMILES string of the molecule is COC(C(=O)c1cc2cccc(Cl)c2o1)C(C)(C)C. The molecule has 1 heterocycles. The summed E-state index contributed by atoms with van der Waals surface area (Å²) in [6.07, 6.45) is -0.549. The number of ether oxygens (including phenoxy) is 1. The van der Waals surface area contributed by atoms with Crippen molar-refractivity contribution in [2.24, 2.45) is 5.41 Å². The van der Waals surface area contributed by atoms with E-state index in [9.17, 15) is 4.79 Å². The molecule has 2 aromatic rings. The molecule has 0 saturated heterocycles. The molecule has 0 aliphatic carbocycles. The van der Waals surface area contributed by atoms with Gasteiger partial charge in [0.2, 0.25) is 5.78 Å². The Morgan fingerprint density at radius 1 is 1.37 bits per heavy atom. The molecule has 0 N–H and O–H groups in total. The smallest absolute Gasteiger partial charge is 0.227 e. The van der Waals surface area contributed by atoms with Crippen LogP contribution in [0.5, 0.6) is 0 Å². The highest BCUT2D eigenvalue weighted by Crippen LogP contribution is 2.30. The Morgan fingerprint density at radius 3 is 2.58 bits per heavy atom. The lowest BCUT2D eigenvalue weighted by Crippen LogP contribution is -2.36. The van der Waals surface area contributed by atoms with E-state index in [0.29, 0.717) is 10.6 Å². The molecular formula is C15H17ClO3. The largest absolute Gasteiger partial charge is 0.451 e. The number of carbonyl (C=O) groups is 1. The van der Waals surface area contributed by atoms with Crippen LogP contribution in [0.25, 0.3) is 11.0 Å². The Hall–Kier alpha value is -1.32. The van der Waals surface area contributed by atoms with E-state index in [0.717, 1.165) is 5.39 Å². The van der Waals surface area contributed by atoms with Gasteiger partial charge in [0.25, 0.3) is 0 Å². The molecule has 0 spiro atoms. The minimum Gasteiger partial charge on any atom is -0.451 e. The lowest BCUT2D eigenvalue weighted by Gasteiger charge is -2.27. The van der Waals surface area contributed by atoms with Gasteiger partial charge in [-0.15, -0.1) is 0 Å². The van der Waals surface area contributed by atoms with Crippen LogP contribution in [-0.4, -0.2) is 19.0 Å². The molecule has 0 aliphatic rings. The number of benzene rings is 1. The highest BCUT2D eigenvalue weighted by molar-refractivity contribution is 6.34. The van der Waals surface area contributed by atoms with Crippen molar-refractivity contribution in [3.05, 3.63) is 35.0 Å². The monoisotopic (exact) mass is 280 g/mol. The minimum atomic E-state index is -0.549. The van der Waals surface area contributed by atoms with Crippen molar-refractivity contribution in [3.8, 4) is 0 Å². The van der Waals surface area contributed by atoms with Gasteiger partial charge in [0.1, 0.15) is 6.10 Å². The van der Waals surface area contributed by atoms with Gasteiger partial charge in [0.15, 0.2) is 11.3 Å². The number of methoxy groups -OCH3 is 1. The van der Waals surface area contributed by atoms with E-state index in [1.54, 1.807) is 12.1 Å². The predicted molar refractivity (Wildman–Crippen MR) is 75.8 cm³/mol. The Balaban J connectivity index is 2.44. The zero-order valence-electron chi connectivity index (χ0n) is 11.5. The second-order valence-corrected chi connectivity index (χ2v) is 6.02. The number of hydrogen-bond acceptors (Lipinski definition) is 3. The minimum absolute atomic E-state index is 0.165. The molecule has 1 aromatic heterocycles. The van der Waals surface area contributed by atoms with E-state index in [4.69, 9.17) is 20.8 Å². The van der Waals surface area contributed by atoms with E-state index in [1.807, 2.05) is 32.9 Å². The summed E-state index contributed by atoms with van der Waals surface area (Å²) in [6.45, 7) is 5.86. The van der Waals surface area contributed by atoms with Crippen molar-refractivity contribution >= 4 is 28.4 Å². The maximum absolute atomic E-state index is 12.4.